The largest absolute Gasteiger partial charge is 0.335 e. The van der Waals surface area contributed by atoms with Crippen molar-refractivity contribution in [3.63, 3.8) is 0 Å². The number of nitrogens with one attached hydrogen (secondary N) is 3. The van der Waals surface area contributed by atoms with Crippen molar-refractivity contribution in [3.05, 3.63) is 70.9 Å². The Kier molecular flexibility index (Phi) is 4.89. The molecule has 1 fully saturated rings. The third-order valence-electron chi connectivity index (χ3n) is 4.27. The molecule has 0 radical (unpaired) electrons. The van der Waals surface area contributed by atoms with Crippen molar-refractivity contribution < 1.29 is 9.59 Å². The van der Waals surface area contributed by atoms with Crippen LogP contribution in [0.25, 0.3) is 11.1 Å². The van der Waals surface area contributed by atoms with Crippen LogP contribution in [0, 0.1) is 0 Å². The van der Waals surface area contributed by atoms with E-state index in [1.165, 1.54) is 0 Å². The molecule has 3 aromatic rings. The molecule has 0 saturated heterocycles. The van der Waals surface area contributed by atoms with Crippen LogP contribution < -0.4 is 16.0 Å². The average Bonchev–Trinajstić information content (AvgIpc) is 3.30. The quantitative estimate of drug-likeness (QED) is 0.589. The fourth-order valence-electron chi connectivity index (χ4n) is 2.73. The molecule has 27 heavy (non-hydrogen) atoms. The molecule has 0 spiro atoms. The molecule has 2 aromatic carbocycles. The lowest BCUT2D eigenvalue weighted by Crippen LogP contribution is -2.30. The number of urea groups is 1. The highest BCUT2D eigenvalue weighted by molar-refractivity contribution is 7.08. The molecule has 136 valence electrons. The van der Waals surface area contributed by atoms with Crippen molar-refractivity contribution in [1.29, 1.82) is 0 Å². The summed E-state index contributed by atoms with van der Waals surface area (Å²) in [5.41, 5.74) is 3.99. The van der Waals surface area contributed by atoms with Gasteiger partial charge in [0, 0.05) is 23.0 Å². The molecule has 3 amide bonds. The summed E-state index contributed by atoms with van der Waals surface area (Å²) in [5.74, 6) is -0.219. The molecule has 1 aliphatic carbocycles. The second-order valence-corrected chi connectivity index (χ2v) is 7.28. The zero-order valence-electron chi connectivity index (χ0n) is 14.6. The summed E-state index contributed by atoms with van der Waals surface area (Å²) in [6, 6.07) is 16.8. The Labute approximate surface area is 161 Å². The van der Waals surface area contributed by atoms with Gasteiger partial charge in [-0.2, -0.15) is 11.3 Å². The van der Waals surface area contributed by atoms with Crippen LogP contribution in [-0.2, 0) is 0 Å². The zero-order valence-corrected chi connectivity index (χ0v) is 15.4. The molecular weight excluding hydrogens is 358 g/mol. The number of benzene rings is 2. The van der Waals surface area contributed by atoms with E-state index in [4.69, 9.17) is 0 Å². The van der Waals surface area contributed by atoms with E-state index in [9.17, 15) is 9.59 Å². The van der Waals surface area contributed by atoms with Crippen LogP contribution >= 0.6 is 11.3 Å². The van der Waals surface area contributed by atoms with E-state index >= 15 is 0 Å². The monoisotopic (exact) mass is 377 g/mol. The highest BCUT2D eigenvalue weighted by Gasteiger charge is 2.23. The van der Waals surface area contributed by atoms with Gasteiger partial charge in [0.2, 0.25) is 0 Å². The van der Waals surface area contributed by atoms with E-state index in [0.29, 0.717) is 11.3 Å². The molecule has 0 bridgehead atoms. The van der Waals surface area contributed by atoms with Crippen LogP contribution in [0.1, 0.15) is 23.2 Å². The van der Waals surface area contributed by atoms with Crippen LogP contribution in [0.3, 0.4) is 0 Å². The summed E-state index contributed by atoms with van der Waals surface area (Å²) in [5, 5.41) is 12.6. The number of rotatable bonds is 5. The van der Waals surface area contributed by atoms with Gasteiger partial charge >= 0.3 is 6.03 Å². The normalized spacial score (nSPS) is 13.0. The Hall–Kier alpha value is -3.12. The predicted molar refractivity (Wildman–Crippen MR) is 109 cm³/mol. The third-order valence-corrected chi connectivity index (χ3v) is 4.95. The van der Waals surface area contributed by atoms with E-state index in [1.54, 1.807) is 35.6 Å². The van der Waals surface area contributed by atoms with Gasteiger partial charge < -0.3 is 16.0 Å². The van der Waals surface area contributed by atoms with Crippen molar-refractivity contribution in [2.45, 2.75) is 18.9 Å². The molecule has 4 rings (SSSR count). The summed E-state index contributed by atoms with van der Waals surface area (Å²) in [6.07, 6.45) is 2.06. The first-order valence-electron chi connectivity index (χ1n) is 8.79. The van der Waals surface area contributed by atoms with E-state index < -0.39 is 0 Å². The van der Waals surface area contributed by atoms with Crippen LogP contribution in [-0.4, -0.2) is 18.0 Å². The van der Waals surface area contributed by atoms with Crippen molar-refractivity contribution in [2.75, 3.05) is 10.6 Å². The smallest absolute Gasteiger partial charge is 0.319 e. The van der Waals surface area contributed by atoms with Gasteiger partial charge in [0.15, 0.2) is 0 Å². The first-order valence-corrected chi connectivity index (χ1v) is 9.73. The molecule has 1 aromatic heterocycles. The Balaban J connectivity index is 1.44. The Morgan fingerprint density at radius 2 is 1.67 bits per heavy atom. The minimum Gasteiger partial charge on any atom is -0.335 e. The summed E-state index contributed by atoms with van der Waals surface area (Å²) in [4.78, 5) is 24.5. The molecule has 6 heteroatoms. The Bertz CT molecular complexity index is 965. The first kappa shape index (κ1) is 17.3. The fraction of sp³-hybridized carbons (Fsp3) is 0.143. The summed E-state index contributed by atoms with van der Waals surface area (Å²) in [6.45, 7) is 0. The molecule has 1 saturated carbocycles. The van der Waals surface area contributed by atoms with E-state index in [0.717, 1.165) is 29.7 Å². The Morgan fingerprint density at radius 1 is 0.889 bits per heavy atom. The minimum absolute atomic E-state index is 0.219. The lowest BCUT2D eigenvalue weighted by molar-refractivity contribution is 0.102. The van der Waals surface area contributed by atoms with E-state index in [-0.39, 0.29) is 18.0 Å². The maximum atomic E-state index is 12.6. The first-order chi connectivity index (χ1) is 13.2. The van der Waals surface area contributed by atoms with Gasteiger partial charge in [-0.15, -0.1) is 0 Å². The second kappa shape index (κ2) is 7.63. The van der Waals surface area contributed by atoms with Gasteiger partial charge in [-0.3, -0.25) is 4.79 Å². The van der Waals surface area contributed by atoms with Crippen LogP contribution in [0.5, 0.6) is 0 Å². The molecule has 0 atom stereocenters. The molecule has 3 N–H and O–H groups in total. The van der Waals surface area contributed by atoms with Gasteiger partial charge in [-0.05, 0) is 71.1 Å². The fourth-order valence-corrected chi connectivity index (χ4v) is 3.39. The standard InChI is InChI=1S/C21H19N3O2S/c25-20(22-18-5-1-3-14(11-18)16-9-10-27-13-16)15-4-2-6-19(12-15)24-21(26)23-17-7-8-17/h1-6,9-13,17H,7-8H2,(H,22,25)(H2,23,24,26). The SMILES string of the molecule is O=C(Nc1cccc(C(=O)Nc2cccc(-c3ccsc3)c2)c1)NC1CC1. The van der Waals surface area contributed by atoms with Crippen molar-refractivity contribution in [3.8, 4) is 11.1 Å². The molecule has 5 nitrogen and oxygen atoms in total. The number of carbonyl (C=O) groups is 2. The van der Waals surface area contributed by atoms with Gasteiger partial charge in [0.05, 0.1) is 0 Å². The molecular formula is C21H19N3O2S. The second-order valence-electron chi connectivity index (χ2n) is 6.50. The van der Waals surface area contributed by atoms with Crippen molar-refractivity contribution >= 4 is 34.6 Å². The maximum Gasteiger partial charge on any atom is 0.319 e. The van der Waals surface area contributed by atoms with Crippen molar-refractivity contribution in [1.82, 2.24) is 5.32 Å². The van der Waals surface area contributed by atoms with Gasteiger partial charge in [-0.1, -0.05) is 18.2 Å². The minimum atomic E-state index is -0.237. The van der Waals surface area contributed by atoms with Gasteiger partial charge in [0.25, 0.3) is 5.91 Å². The number of hydrogen-bond acceptors (Lipinski definition) is 3. The zero-order chi connectivity index (χ0) is 18.6. The molecule has 1 aliphatic rings. The lowest BCUT2D eigenvalue weighted by atomic mass is 10.1. The number of thiophene rings is 1. The van der Waals surface area contributed by atoms with Crippen LogP contribution in [0.15, 0.2) is 65.4 Å². The van der Waals surface area contributed by atoms with Crippen LogP contribution in [0.2, 0.25) is 0 Å². The topological polar surface area (TPSA) is 70.2 Å². The highest BCUT2D eigenvalue weighted by atomic mass is 32.1. The number of hydrogen-bond donors (Lipinski definition) is 3. The lowest BCUT2D eigenvalue weighted by Gasteiger charge is -2.10. The van der Waals surface area contributed by atoms with E-state index in [2.05, 4.69) is 21.3 Å². The van der Waals surface area contributed by atoms with Crippen LogP contribution in [0.4, 0.5) is 16.2 Å². The van der Waals surface area contributed by atoms with Crippen molar-refractivity contribution in [2.24, 2.45) is 0 Å². The maximum absolute atomic E-state index is 12.6. The van der Waals surface area contributed by atoms with E-state index in [1.807, 2.05) is 35.7 Å². The number of anilines is 2. The average molecular weight is 377 g/mol. The number of carbonyl (C=O) groups excluding carboxylic acids is 2. The molecule has 0 unspecified atom stereocenters. The predicted octanol–water partition coefficient (Wildman–Crippen LogP) is 4.95. The Morgan fingerprint density at radius 3 is 2.41 bits per heavy atom. The number of amides is 3. The molecule has 1 heterocycles. The highest BCUT2D eigenvalue weighted by Crippen LogP contribution is 2.25. The summed E-state index contributed by atoms with van der Waals surface area (Å²) >= 11 is 1.64. The van der Waals surface area contributed by atoms with Gasteiger partial charge in [0.1, 0.15) is 0 Å². The third kappa shape index (κ3) is 4.54. The summed E-state index contributed by atoms with van der Waals surface area (Å²) < 4.78 is 0. The molecule has 0 aliphatic heterocycles. The summed E-state index contributed by atoms with van der Waals surface area (Å²) in [7, 11) is 0. The van der Waals surface area contributed by atoms with Gasteiger partial charge in [-0.25, -0.2) is 4.79 Å².